The van der Waals surface area contributed by atoms with Gasteiger partial charge in [0.05, 0.1) is 5.69 Å². The summed E-state index contributed by atoms with van der Waals surface area (Å²) in [6.45, 7) is 7.62. The SMILES string of the molecule is CCN(CC)c1ccc(NS(=O)(=O)[O-])c(C)c1. The normalized spacial score (nSPS) is 11.3. The van der Waals surface area contributed by atoms with Crippen LogP contribution in [0.3, 0.4) is 0 Å². The highest BCUT2D eigenvalue weighted by Gasteiger charge is 2.06. The Kier molecular flexibility index (Phi) is 4.36. The Morgan fingerprint density at radius 2 is 1.88 bits per heavy atom. The molecule has 6 heteroatoms. The number of anilines is 2. The van der Waals surface area contributed by atoms with E-state index in [2.05, 4.69) is 4.90 Å². The summed E-state index contributed by atoms with van der Waals surface area (Å²) in [6, 6.07) is 5.27. The van der Waals surface area contributed by atoms with E-state index in [4.69, 9.17) is 0 Å². The van der Waals surface area contributed by atoms with E-state index in [0.29, 0.717) is 5.69 Å². The second-order valence-electron chi connectivity index (χ2n) is 3.73. The Bertz CT molecular complexity index is 481. The maximum absolute atomic E-state index is 10.6. The first-order valence-electron chi connectivity index (χ1n) is 5.46. The molecule has 0 heterocycles. The molecule has 1 aromatic carbocycles. The van der Waals surface area contributed by atoms with Crippen LogP contribution in [0, 0.1) is 6.92 Å². The highest BCUT2D eigenvalue weighted by Crippen LogP contribution is 2.23. The number of hydrogen-bond acceptors (Lipinski definition) is 4. The molecule has 0 saturated carbocycles. The molecular formula is C11H17N2O3S-. The average Bonchev–Trinajstić information content (AvgIpc) is 2.22. The van der Waals surface area contributed by atoms with Crippen LogP contribution < -0.4 is 9.62 Å². The second-order valence-corrected chi connectivity index (χ2v) is 4.84. The van der Waals surface area contributed by atoms with Crippen LogP contribution in [0.15, 0.2) is 18.2 Å². The lowest BCUT2D eigenvalue weighted by Gasteiger charge is -2.22. The first kappa shape index (κ1) is 13.8. The van der Waals surface area contributed by atoms with Crippen molar-refractivity contribution in [2.24, 2.45) is 0 Å². The summed E-state index contributed by atoms with van der Waals surface area (Å²) in [5, 5.41) is 0. The van der Waals surface area contributed by atoms with E-state index in [1.54, 1.807) is 19.1 Å². The lowest BCUT2D eigenvalue weighted by Crippen LogP contribution is -2.22. The molecule has 0 amide bonds. The average molecular weight is 257 g/mol. The summed E-state index contributed by atoms with van der Waals surface area (Å²) in [5.74, 6) is 0. The van der Waals surface area contributed by atoms with E-state index < -0.39 is 10.3 Å². The molecule has 0 spiro atoms. The largest absolute Gasteiger partial charge is 0.731 e. The minimum atomic E-state index is -4.46. The van der Waals surface area contributed by atoms with Gasteiger partial charge in [0.2, 0.25) is 0 Å². The van der Waals surface area contributed by atoms with E-state index in [1.165, 1.54) is 0 Å². The summed E-state index contributed by atoms with van der Waals surface area (Å²) >= 11 is 0. The zero-order valence-corrected chi connectivity index (χ0v) is 11.0. The van der Waals surface area contributed by atoms with Crippen LogP contribution in [0.25, 0.3) is 0 Å². The van der Waals surface area contributed by atoms with Crippen LogP contribution in [-0.2, 0) is 10.3 Å². The first-order chi connectivity index (χ1) is 7.87. The third-order valence-electron chi connectivity index (χ3n) is 2.57. The zero-order chi connectivity index (χ0) is 13.1. The number of rotatable bonds is 5. The number of hydrogen-bond donors (Lipinski definition) is 1. The van der Waals surface area contributed by atoms with Crippen molar-refractivity contribution in [1.29, 1.82) is 0 Å². The van der Waals surface area contributed by atoms with Gasteiger partial charge < -0.3 is 9.45 Å². The minimum Gasteiger partial charge on any atom is -0.731 e. The highest BCUT2D eigenvalue weighted by atomic mass is 32.2. The summed E-state index contributed by atoms with van der Waals surface area (Å²) in [7, 11) is -4.46. The molecule has 0 atom stereocenters. The van der Waals surface area contributed by atoms with Crippen LogP contribution in [0.4, 0.5) is 11.4 Å². The van der Waals surface area contributed by atoms with Crippen molar-refractivity contribution in [3.05, 3.63) is 23.8 Å². The van der Waals surface area contributed by atoms with Gasteiger partial charge in [-0.15, -0.1) is 0 Å². The molecule has 0 unspecified atom stereocenters. The molecule has 0 aliphatic carbocycles. The van der Waals surface area contributed by atoms with E-state index in [-0.39, 0.29) is 0 Å². The van der Waals surface area contributed by atoms with Gasteiger partial charge in [-0.3, -0.25) is 4.72 Å². The Labute approximate surface area is 102 Å². The lowest BCUT2D eigenvalue weighted by atomic mass is 10.1. The van der Waals surface area contributed by atoms with Crippen molar-refractivity contribution in [3.63, 3.8) is 0 Å². The summed E-state index contributed by atoms with van der Waals surface area (Å²) in [4.78, 5) is 2.14. The van der Waals surface area contributed by atoms with Crippen molar-refractivity contribution < 1.29 is 13.0 Å². The van der Waals surface area contributed by atoms with Gasteiger partial charge in [-0.1, -0.05) is 0 Å². The molecule has 0 radical (unpaired) electrons. The molecule has 1 rings (SSSR count). The van der Waals surface area contributed by atoms with Crippen molar-refractivity contribution >= 4 is 21.7 Å². The predicted octanol–water partition coefficient (Wildman–Crippen LogP) is 1.71. The van der Waals surface area contributed by atoms with Gasteiger partial charge in [0.15, 0.2) is 10.3 Å². The maximum atomic E-state index is 10.6. The monoisotopic (exact) mass is 257 g/mol. The van der Waals surface area contributed by atoms with Gasteiger partial charge in [-0.05, 0) is 44.5 Å². The third kappa shape index (κ3) is 3.90. The molecule has 5 nitrogen and oxygen atoms in total. The fourth-order valence-corrected chi connectivity index (χ4v) is 2.18. The number of nitrogens with zero attached hydrogens (tertiary/aromatic N) is 1. The molecule has 0 bridgehead atoms. The quantitative estimate of drug-likeness (QED) is 0.815. The third-order valence-corrected chi connectivity index (χ3v) is 3.04. The number of aryl methyl sites for hydroxylation is 1. The van der Waals surface area contributed by atoms with Crippen molar-refractivity contribution in [3.8, 4) is 0 Å². The first-order valence-corrected chi connectivity index (χ1v) is 6.87. The van der Waals surface area contributed by atoms with Crippen LogP contribution in [0.2, 0.25) is 0 Å². The van der Waals surface area contributed by atoms with Crippen molar-refractivity contribution in [2.75, 3.05) is 22.7 Å². The Hall–Kier alpha value is -1.27. The topological polar surface area (TPSA) is 72.5 Å². The van der Waals surface area contributed by atoms with Gasteiger partial charge in [0.25, 0.3) is 0 Å². The van der Waals surface area contributed by atoms with Gasteiger partial charge in [0, 0.05) is 18.8 Å². The fourth-order valence-electron chi connectivity index (χ4n) is 1.68. The van der Waals surface area contributed by atoms with Crippen LogP contribution in [0.1, 0.15) is 19.4 Å². The number of benzene rings is 1. The maximum Gasteiger partial charge on any atom is 0.181 e. The smallest absolute Gasteiger partial charge is 0.181 e. The predicted molar refractivity (Wildman–Crippen MR) is 68.1 cm³/mol. The summed E-state index contributed by atoms with van der Waals surface area (Å²) in [6.07, 6.45) is 0. The van der Waals surface area contributed by atoms with Gasteiger partial charge in [0.1, 0.15) is 0 Å². The number of nitrogens with one attached hydrogen (secondary N) is 1. The molecule has 0 aliphatic rings. The molecule has 1 aromatic rings. The molecule has 0 aliphatic heterocycles. The van der Waals surface area contributed by atoms with E-state index in [9.17, 15) is 13.0 Å². The highest BCUT2D eigenvalue weighted by molar-refractivity contribution is 7.87. The Balaban J connectivity index is 3.01. The van der Waals surface area contributed by atoms with E-state index >= 15 is 0 Å². The minimum absolute atomic E-state index is 0.330. The van der Waals surface area contributed by atoms with E-state index in [0.717, 1.165) is 24.3 Å². The molecular weight excluding hydrogens is 240 g/mol. The lowest BCUT2D eigenvalue weighted by molar-refractivity contribution is 0.469. The molecule has 0 aromatic heterocycles. The van der Waals surface area contributed by atoms with Crippen LogP contribution in [0.5, 0.6) is 0 Å². The molecule has 0 fully saturated rings. The van der Waals surface area contributed by atoms with Crippen LogP contribution in [-0.4, -0.2) is 26.1 Å². The second kappa shape index (κ2) is 5.37. The van der Waals surface area contributed by atoms with E-state index in [1.807, 2.05) is 24.6 Å². The van der Waals surface area contributed by atoms with Gasteiger partial charge in [-0.2, -0.15) is 0 Å². The summed E-state index contributed by atoms with van der Waals surface area (Å²) in [5.41, 5.74) is 2.08. The van der Waals surface area contributed by atoms with Gasteiger partial charge in [-0.25, -0.2) is 8.42 Å². The van der Waals surface area contributed by atoms with Crippen molar-refractivity contribution in [1.82, 2.24) is 0 Å². The standard InChI is InChI=1S/C11H18N2O3S/c1-4-13(5-2)10-6-7-11(9(3)8-10)12-17(14,15)16/h6-8,12H,4-5H2,1-3H3,(H,14,15,16)/p-1. The molecule has 96 valence electrons. The van der Waals surface area contributed by atoms with Gasteiger partial charge >= 0.3 is 0 Å². The van der Waals surface area contributed by atoms with Crippen molar-refractivity contribution in [2.45, 2.75) is 20.8 Å². The molecule has 17 heavy (non-hydrogen) atoms. The Morgan fingerprint density at radius 1 is 1.29 bits per heavy atom. The fraction of sp³-hybridized carbons (Fsp3) is 0.455. The molecule has 0 saturated heterocycles. The Morgan fingerprint density at radius 3 is 2.29 bits per heavy atom. The molecule has 1 N–H and O–H groups in total. The zero-order valence-electron chi connectivity index (χ0n) is 10.2. The van der Waals surface area contributed by atoms with Crippen LogP contribution >= 0.6 is 0 Å². The summed E-state index contributed by atoms with van der Waals surface area (Å²) < 4.78 is 33.8.